The van der Waals surface area contributed by atoms with Crippen LogP contribution in [0.3, 0.4) is 0 Å². The number of rotatable bonds is 23. The molecule has 0 aromatic heterocycles. The van der Waals surface area contributed by atoms with Crippen LogP contribution in [0.25, 0.3) is 0 Å². The third kappa shape index (κ3) is 32.1. The van der Waals surface area contributed by atoms with Gasteiger partial charge in [0.1, 0.15) is 47.6 Å². The van der Waals surface area contributed by atoms with Gasteiger partial charge in [-0.05, 0) is 140 Å². The van der Waals surface area contributed by atoms with Crippen molar-refractivity contribution in [2.75, 3.05) is 78.9 Å². The second-order valence-electron chi connectivity index (χ2n) is 25.9. The van der Waals surface area contributed by atoms with Crippen LogP contribution in [0.5, 0.6) is 0 Å². The number of hydrogen-bond acceptors (Lipinski definition) is 21. The molecule has 28 nitrogen and oxygen atoms in total. The zero-order valence-electron chi connectivity index (χ0n) is 60.8. The van der Waals surface area contributed by atoms with Gasteiger partial charge in [-0.15, -0.1) is 12.3 Å². The lowest BCUT2D eigenvalue weighted by molar-refractivity contribution is -0.138. The Morgan fingerprint density at radius 3 is 1.25 bits per heavy atom. The summed E-state index contributed by atoms with van der Waals surface area (Å²) in [5.74, 6) is 12.5. The molecule has 9 rings (SSSR count). The minimum atomic E-state index is -0.698. The Labute approximate surface area is 633 Å². The number of hydrogen-bond donors (Lipinski definition) is 7. The van der Waals surface area contributed by atoms with E-state index < -0.39 is 95.8 Å². The number of piperidine rings is 3. The average molecular weight is 1570 g/mol. The maximum atomic E-state index is 12.4. The van der Waals surface area contributed by atoms with E-state index in [1.807, 2.05) is 127 Å². The van der Waals surface area contributed by atoms with Gasteiger partial charge in [-0.3, -0.25) is 59.4 Å². The number of imide groups is 3. The van der Waals surface area contributed by atoms with Crippen LogP contribution >= 0.6 is 42.3 Å². The van der Waals surface area contributed by atoms with Gasteiger partial charge in [0, 0.05) is 100 Å². The SMILES string of the molecule is C#CCCOCCCNC(=O)OC(C)(C)C.CC(C)(C)OC(=O)NCCCOCCC#Cc1cccc([C@H]2CN(C3CCC(=O)NC3=O)C(=O)O2)c1.FS.NCCCOCCC#Cc1cccc([C@H]2CN(C3CCC(=O)NC3=O)C(=O)O2)c1.O=C1CCC(N2C[C@H](c3cccc(Br)c3)OC2=O)C(=O)N1.[2H]S. The molecule has 105 heavy (non-hydrogen) atoms. The molecule has 3 aromatic rings. The highest BCUT2D eigenvalue weighted by Gasteiger charge is 2.45. The summed E-state index contributed by atoms with van der Waals surface area (Å²) < 4.78 is 58.3. The number of nitrogens with two attached hydrogens (primary N) is 1. The molecule has 6 saturated heterocycles. The molecule has 572 valence electrons. The van der Waals surface area contributed by atoms with Gasteiger partial charge in [-0.1, -0.05) is 76.0 Å². The van der Waals surface area contributed by atoms with Crippen molar-refractivity contribution in [3.05, 3.63) is 105 Å². The van der Waals surface area contributed by atoms with Crippen LogP contribution in [-0.4, -0.2) is 190 Å². The minimum Gasteiger partial charge on any atom is -0.444 e. The molecule has 6 heterocycles. The lowest BCUT2D eigenvalue weighted by atomic mass is 10.0. The van der Waals surface area contributed by atoms with Crippen LogP contribution in [0, 0.1) is 36.0 Å². The fourth-order valence-corrected chi connectivity index (χ4v) is 11.0. The largest absolute Gasteiger partial charge is 0.444 e. The second-order valence-corrected chi connectivity index (χ2v) is 26.8. The third-order valence-electron chi connectivity index (χ3n) is 15.4. The zero-order valence-corrected chi connectivity index (χ0v) is 63.1. The summed E-state index contributed by atoms with van der Waals surface area (Å²) in [5, 5.41) is 12.1. The van der Waals surface area contributed by atoms with Crippen LogP contribution in [0.15, 0.2) is 77.3 Å². The number of terminal acetylenes is 1. The molecule has 6 aliphatic heterocycles. The van der Waals surface area contributed by atoms with Crippen molar-refractivity contribution in [2.45, 2.75) is 166 Å². The number of alkyl carbamates (subject to hydrolysis) is 2. The van der Waals surface area contributed by atoms with Crippen molar-refractivity contribution in [3.8, 4) is 36.0 Å². The Hall–Kier alpha value is -8.94. The first-order valence-electron chi connectivity index (χ1n) is 34.5. The van der Waals surface area contributed by atoms with E-state index in [1.54, 1.807) is 0 Å². The van der Waals surface area contributed by atoms with E-state index in [0.29, 0.717) is 111 Å². The molecule has 0 saturated carbocycles. The summed E-state index contributed by atoms with van der Waals surface area (Å²) in [6.07, 6.45) is 6.86. The number of benzene rings is 3. The van der Waals surface area contributed by atoms with Crippen molar-refractivity contribution in [1.82, 2.24) is 41.3 Å². The van der Waals surface area contributed by atoms with Crippen molar-refractivity contribution in [2.24, 2.45) is 5.73 Å². The number of amides is 11. The molecular formula is C73H95BrFN9O19S2. The quantitative estimate of drug-likeness (QED) is 0.0154. The highest BCUT2D eigenvalue weighted by atomic mass is 79.9. The second kappa shape index (κ2) is 46.1. The number of cyclic esters (lactones) is 3. The van der Waals surface area contributed by atoms with Gasteiger partial charge in [-0.25, -0.2) is 24.0 Å². The zero-order chi connectivity index (χ0) is 78.2. The summed E-state index contributed by atoms with van der Waals surface area (Å²) in [6.45, 7) is 16.7. The fraction of sp³-hybridized carbons (Fsp3) is 0.521. The summed E-state index contributed by atoms with van der Waals surface area (Å²) in [4.78, 5) is 133. The molecule has 6 aliphatic rings. The minimum absolute atomic E-state index is 0.197. The van der Waals surface area contributed by atoms with Gasteiger partial charge in [0.2, 0.25) is 35.4 Å². The number of halogens is 2. The Bertz CT molecular complexity index is 3630. The molecular weight excluding hydrogens is 1470 g/mol. The average Bonchev–Trinajstić information content (AvgIpc) is 1.67. The van der Waals surface area contributed by atoms with E-state index in [1.165, 1.54) is 14.7 Å². The summed E-state index contributed by atoms with van der Waals surface area (Å²) in [6, 6.07) is 20.4. The standard InChI is InChI=1S/C26H33N3O7.C21H25N3O5.C14H13BrN2O4.C12H21NO3.FHS.H2S/c1-26(2,3)36-24(32)27-13-7-15-34-14-5-4-8-18-9-6-10-19(16-18)21-17-29(25(33)35-21)20-11-12-22(30)28-23(20)31;22-10-4-12-28-11-2-1-5-15-6-3-7-16(13-15)18-14-24(21(27)29-18)17-8-9-19(25)23-20(17)26;15-9-3-1-2-8(6-9)11-7-17(14(20)21-11)10-4-5-12(18)16-13(10)19;1-5-6-9-15-10-7-8-13-11(14)16-12(2,3)4;1-2;/h6,9-10,16,20-21H,5,7,11-15,17H2,1-3H3,(H,27,32)(H,28,30,31);3,6-7,13,17-18H,2,4,8-12,14,22H2,(H,23,25,26);1-3,6,10-11H,4-5,7H2,(H,16,18,19);1H,6-10H2,2-4H3,(H,13,14);2H;1H2/t20?,21-;17?,18-;10?,11-;;;/m111.../s1/i/hD. The molecule has 0 aliphatic carbocycles. The van der Waals surface area contributed by atoms with Crippen LogP contribution in [0.2, 0.25) is 0 Å². The number of thiol groups is 1. The Morgan fingerprint density at radius 2 is 0.914 bits per heavy atom. The molecule has 0 radical (unpaired) electrons. The van der Waals surface area contributed by atoms with E-state index >= 15 is 0 Å². The Kier molecular flexibility index (Phi) is 38.1. The lowest BCUT2D eigenvalue weighted by Crippen LogP contribution is -2.52. The van der Waals surface area contributed by atoms with Crippen LogP contribution in [0.4, 0.5) is 27.9 Å². The van der Waals surface area contributed by atoms with E-state index in [0.717, 1.165) is 45.1 Å². The van der Waals surface area contributed by atoms with E-state index in [4.69, 9.17) is 51.2 Å². The highest BCUT2D eigenvalue weighted by Crippen LogP contribution is 2.33. The van der Waals surface area contributed by atoms with Crippen molar-refractivity contribution in [3.63, 3.8) is 0 Å². The molecule has 6 fully saturated rings. The van der Waals surface area contributed by atoms with Gasteiger partial charge < -0.3 is 54.3 Å². The number of carbonyl (C=O) groups excluding carboxylic acids is 11. The molecule has 11 amide bonds. The monoisotopic (exact) mass is 1560 g/mol. The maximum Gasteiger partial charge on any atom is 0.411 e. The van der Waals surface area contributed by atoms with Gasteiger partial charge in [0.15, 0.2) is 0 Å². The molecule has 0 bridgehead atoms. The normalized spacial score (nSPS) is 19.6. The molecule has 7 N–H and O–H groups in total. The molecule has 3 aromatic carbocycles. The maximum absolute atomic E-state index is 12.4. The van der Waals surface area contributed by atoms with Crippen molar-refractivity contribution >= 4 is 108 Å². The first-order chi connectivity index (χ1) is 50.7. The highest BCUT2D eigenvalue weighted by molar-refractivity contribution is 9.10. The summed E-state index contributed by atoms with van der Waals surface area (Å²) in [5.41, 5.74) is 8.52. The molecule has 3 unspecified atom stereocenters. The van der Waals surface area contributed by atoms with Crippen LogP contribution in [0.1, 0.15) is 165 Å². The van der Waals surface area contributed by atoms with E-state index in [2.05, 4.69) is 85.5 Å². The number of carbonyl (C=O) groups is 11. The summed E-state index contributed by atoms with van der Waals surface area (Å²) >= 11 is 8.18. The fourth-order valence-electron chi connectivity index (χ4n) is 10.6. The van der Waals surface area contributed by atoms with Gasteiger partial charge in [0.05, 0.1) is 40.6 Å². The molecule has 0 spiro atoms. The number of nitrogens with zero attached hydrogens (tertiary/aromatic N) is 3. The van der Waals surface area contributed by atoms with Gasteiger partial charge >= 0.3 is 30.5 Å². The smallest absolute Gasteiger partial charge is 0.411 e. The lowest BCUT2D eigenvalue weighted by Gasteiger charge is -2.27. The first kappa shape index (κ1) is 86.7. The number of nitrogens with one attached hydrogen (secondary N) is 5. The predicted molar refractivity (Wildman–Crippen MR) is 394 cm³/mol. The van der Waals surface area contributed by atoms with Crippen molar-refractivity contribution < 1.29 is 94.5 Å². The number of ether oxygens (including phenoxy) is 8. The van der Waals surface area contributed by atoms with Gasteiger partial charge in [0.25, 0.3) is 0 Å². The topological polar surface area (TPSA) is 358 Å². The Morgan fingerprint density at radius 1 is 0.571 bits per heavy atom. The van der Waals surface area contributed by atoms with Crippen LogP contribution in [-0.2, 0) is 66.7 Å². The molecule has 6 atom stereocenters. The Balaban J connectivity index is 0.000000306. The molecule has 32 heteroatoms. The van der Waals surface area contributed by atoms with Gasteiger partial charge in [-0.2, -0.15) is 17.3 Å². The first-order valence-corrected chi connectivity index (χ1v) is 35.2. The predicted octanol–water partition coefficient (Wildman–Crippen LogP) is 8.35. The van der Waals surface area contributed by atoms with E-state index in [9.17, 15) is 56.6 Å². The third-order valence-corrected chi connectivity index (χ3v) is 15.9. The summed E-state index contributed by atoms with van der Waals surface area (Å²) in [7, 11) is 0. The van der Waals surface area contributed by atoms with E-state index in [-0.39, 0.29) is 50.1 Å². The van der Waals surface area contributed by atoms with Crippen molar-refractivity contribution in [1.29, 1.82) is 1.12 Å². The van der Waals surface area contributed by atoms with Crippen LogP contribution < -0.4 is 32.3 Å².